The van der Waals surface area contributed by atoms with Gasteiger partial charge < -0.3 is 48.5 Å². The summed E-state index contributed by atoms with van der Waals surface area (Å²) in [5.74, 6) is 0.975. The highest BCUT2D eigenvalue weighted by molar-refractivity contribution is 7.90. The van der Waals surface area contributed by atoms with E-state index in [1.54, 1.807) is 13.2 Å². The summed E-state index contributed by atoms with van der Waals surface area (Å²) in [7, 11) is -3.06. The number of carbonyl (C=O) groups excluding carboxylic acids is 1. The van der Waals surface area contributed by atoms with Crippen LogP contribution in [-0.4, -0.2) is 148 Å². The summed E-state index contributed by atoms with van der Waals surface area (Å²) in [5.41, 5.74) is 7.58. The van der Waals surface area contributed by atoms with E-state index in [9.17, 15) is 23.3 Å². The maximum Gasteiger partial charge on any atom is 0.297 e. The first-order chi connectivity index (χ1) is 41.5. The molecule has 21 nitrogen and oxygen atoms in total. The molecule has 3 aromatic heterocycles. The number of nitro benzene ring substituents is 1. The number of benzene rings is 3. The highest BCUT2D eigenvalue weighted by Crippen LogP contribution is 2.55. The van der Waals surface area contributed by atoms with Crippen LogP contribution in [-0.2, 0) is 24.9 Å². The molecule has 86 heavy (non-hydrogen) atoms. The lowest BCUT2D eigenvalue weighted by Crippen LogP contribution is -2.60. The molecule has 1 amide bonds. The van der Waals surface area contributed by atoms with Crippen molar-refractivity contribution in [2.45, 2.75) is 126 Å². The number of aryl methyl sites for hydroxylation is 1. The number of anilines is 4. The highest BCUT2D eigenvalue weighted by Gasteiger charge is 2.51. The Morgan fingerprint density at radius 1 is 0.919 bits per heavy atom. The van der Waals surface area contributed by atoms with Crippen LogP contribution in [0.4, 0.5) is 28.4 Å². The van der Waals surface area contributed by atoms with E-state index in [0.29, 0.717) is 67.7 Å². The molecule has 7 aliphatic heterocycles. The quantitative estimate of drug-likeness (QED) is 0.0765. The summed E-state index contributed by atoms with van der Waals surface area (Å²) in [6.45, 7) is 16.3. The van der Waals surface area contributed by atoms with Gasteiger partial charge in [-0.25, -0.2) is 18.1 Å². The average molecular weight is 1190 g/mol. The zero-order valence-corrected chi connectivity index (χ0v) is 50.3. The molecule has 22 heteroatoms. The zero-order chi connectivity index (χ0) is 59.2. The Hall–Kier alpha value is -7.24. The molecule has 10 heterocycles. The Balaban J connectivity index is 0.729. The van der Waals surface area contributed by atoms with Crippen LogP contribution in [0, 0.1) is 28.4 Å². The van der Waals surface area contributed by atoms with E-state index in [4.69, 9.17) is 38.4 Å². The summed E-state index contributed by atoms with van der Waals surface area (Å²) < 4.78 is 67.5. The second-order valence-corrected chi connectivity index (χ2v) is 27.3. The Morgan fingerprint density at radius 3 is 2.51 bits per heavy atom. The number of amides is 1. The molecule has 4 saturated heterocycles. The number of aromatic amines is 1. The number of nitrogens with zero attached hydrogens (tertiary/aromatic N) is 7. The number of carbonyl (C=O) groups is 1. The molecular weight excluding hydrogens is 1120 g/mol. The number of sulfonamides is 1. The number of fused-ring (bicyclic) bond motifs is 5. The molecule has 1 saturated carbocycles. The van der Waals surface area contributed by atoms with Crippen molar-refractivity contribution in [1.29, 1.82) is 0 Å². The van der Waals surface area contributed by atoms with E-state index < -0.39 is 37.5 Å². The van der Waals surface area contributed by atoms with Crippen molar-refractivity contribution in [3.05, 3.63) is 117 Å². The first-order valence-corrected chi connectivity index (χ1v) is 32.1. The number of pyridine rings is 2. The van der Waals surface area contributed by atoms with Gasteiger partial charge in [-0.05, 0) is 129 Å². The van der Waals surface area contributed by atoms with Crippen LogP contribution < -0.4 is 38.8 Å². The Kier molecular flexibility index (Phi) is 14.6. The predicted molar refractivity (Wildman–Crippen MR) is 324 cm³/mol. The number of hydrogen-bond donors (Lipinski definition) is 3. The second-order valence-electron chi connectivity index (χ2n) is 25.6. The summed E-state index contributed by atoms with van der Waals surface area (Å²) in [5, 5.41) is 16.8. The number of H-pyrrole nitrogens is 1. The molecule has 1 unspecified atom stereocenters. The third kappa shape index (κ3) is 10.1. The number of ether oxygens (including phenoxy) is 6. The smallest absolute Gasteiger partial charge is 0.297 e. The van der Waals surface area contributed by atoms with Gasteiger partial charge in [0, 0.05) is 112 Å². The van der Waals surface area contributed by atoms with Gasteiger partial charge in [-0.3, -0.25) is 24.7 Å². The van der Waals surface area contributed by atoms with Crippen molar-refractivity contribution in [2.24, 2.45) is 11.3 Å². The lowest BCUT2D eigenvalue weighted by molar-refractivity contribution is -0.384. The van der Waals surface area contributed by atoms with Crippen LogP contribution >= 0.6 is 0 Å². The highest BCUT2D eigenvalue weighted by atomic mass is 32.2. The number of aromatic nitrogens is 3. The van der Waals surface area contributed by atoms with Crippen LogP contribution in [0.1, 0.15) is 117 Å². The maximum absolute atomic E-state index is 15.0. The molecule has 3 aromatic carbocycles. The number of piperazine rings is 1. The van der Waals surface area contributed by atoms with Crippen LogP contribution in [0.3, 0.4) is 0 Å². The van der Waals surface area contributed by atoms with E-state index in [2.05, 4.69) is 86.6 Å². The van der Waals surface area contributed by atoms with Gasteiger partial charge in [0.2, 0.25) is 5.88 Å². The van der Waals surface area contributed by atoms with Crippen molar-refractivity contribution >= 4 is 55.4 Å². The minimum absolute atomic E-state index is 0.0252. The van der Waals surface area contributed by atoms with Crippen LogP contribution in [0.15, 0.2) is 84.0 Å². The summed E-state index contributed by atoms with van der Waals surface area (Å²) in [4.78, 5) is 49.3. The number of nitrogens with one attached hydrogen (secondary N) is 3. The van der Waals surface area contributed by atoms with Gasteiger partial charge in [-0.2, -0.15) is 4.98 Å². The fraction of sp³-hybridized carbons (Fsp3) is 0.516. The molecule has 0 bridgehead atoms. The van der Waals surface area contributed by atoms with Crippen molar-refractivity contribution in [3.8, 4) is 23.3 Å². The largest absolute Gasteiger partial charge is 0.489 e. The molecule has 3 N–H and O–H groups in total. The topological polar surface area (TPSA) is 228 Å². The summed E-state index contributed by atoms with van der Waals surface area (Å²) >= 11 is 0. The first kappa shape index (κ1) is 56.6. The average Bonchev–Trinajstić information content (AvgIpc) is 1.01. The van der Waals surface area contributed by atoms with Crippen LogP contribution in [0.2, 0.25) is 0 Å². The molecule has 6 aromatic rings. The van der Waals surface area contributed by atoms with E-state index in [0.717, 1.165) is 101 Å². The molecule has 5 fully saturated rings. The molecule has 8 aliphatic rings. The third-order valence-electron chi connectivity index (χ3n) is 20.3. The van der Waals surface area contributed by atoms with Crippen LogP contribution in [0.5, 0.6) is 23.3 Å². The summed E-state index contributed by atoms with van der Waals surface area (Å²) in [6, 6.07) is 20.9. The fourth-order valence-electron chi connectivity index (χ4n) is 15.4. The molecule has 14 rings (SSSR count). The molecule has 454 valence electrons. The molecule has 1 aliphatic carbocycles. The second kappa shape index (κ2) is 22.2. The van der Waals surface area contributed by atoms with Crippen molar-refractivity contribution < 1.29 is 46.6 Å². The Morgan fingerprint density at radius 2 is 1.72 bits per heavy atom. The predicted octanol–water partition coefficient (Wildman–Crippen LogP) is 9.52. The van der Waals surface area contributed by atoms with Crippen molar-refractivity contribution in [3.63, 3.8) is 0 Å². The Labute approximate surface area is 501 Å². The van der Waals surface area contributed by atoms with E-state index in [-0.39, 0.29) is 71.1 Å². The maximum atomic E-state index is 15.0. The van der Waals surface area contributed by atoms with Crippen LogP contribution in [0.25, 0.3) is 11.0 Å². The number of rotatable bonds is 12. The lowest BCUT2D eigenvalue weighted by Gasteiger charge is -2.58. The van der Waals surface area contributed by atoms with Gasteiger partial charge >= 0.3 is 0 Å². The number of piperidine rings is 1. The van der Waals surface area contributed by atoms with E-state index in [1.807, 2.05) is 36.7 Å². The van der Waals surface area contributed by atoms with Gasteiger partial charge in [0.25, 0.3) is 27.5 Å². The van der Waals surface area contributed by atoms with Gasteiger partial charge in [-0.15, -0.1) is 0 Å². The van der Waals surface area contributed by atoms with Crippen molar-refractivity contribution in [1.82, 2.24) is 29.5 Å². The monoisotopic (exact) mass is 1190 g/mol. The van der Waals surface area contributed by atoms with E-state index >= 15 is 0 Å². The minimum Gasteiger partial charge on any atom is -0.489 e. The van der Waals surface area contributed by atoms with Crippen molar-refractivity contribution in [2.75, 3.05) is 94.6 Å². The van der Waals surface area contributed by atoms with E-state index in [1.165, 1.54) is 28.3 Å². The molecule has 1 spiro atoms. The summed E-state index contributed by atoms with van der Waals surface area (Å²) in [6.07, 6.45) is 10.6. The fourth-order valence-corrected chi connectivity index (χ4v) is 16.4. The number of hydrogen-bond acceptors (Lipinski definition) is 18. The van der Waals surface area contributed by atoms with Gasteiger partial charge in [0.05, 0.1) is 53.5 Å². The first-order valence-electron chi connectivity index (χ1n) is 30.6. The molecular formula is C64H76N10O11S. The lowest BCUT2D eigenvalue weighted by atomic mass is 9.59. The van der Waals surface area contributed by atoms with Gasteiger partial charge in [-0.1, -0.05) is 38.1 Å². The normalized spacial score (nSPS) is 24.3. The standard InChI is InChI=1S/C64H76N10O11S/c1-38-8-6-7-9-45(38)53-35-71(39(2)47-34-66-62(80-5)58-56(47)63(3,4)18-27-83-58)22-23-72(53)43-32-64(33-43)16-20-70(21-17-64)42-10-11-46(50(29-42)73-49-15-26-82-37-55(49)85-61-52(73)28-41-12-19-65-59(41)68-61)60(75)69-86(78,79)44-30-51(74(76)77)57-54(31-44)84-36-48(67-57)40-13-24-81-25-14-40/h6-12,19,28-31,34,39-40,43,48-49,53,55,67H,13-18,20-27,32-33,35-37H2,1-5H3,(H,65,68)(H,69,75)/t39?,48-,49-,53-,55-/m0/s1. The molecule has 0 radical (unpaired) electrons. The number of methoxy groups -OCH3 is 1. The Bertz CT molecular complexity index is 3730. The zero-order valence-electron chi connectivity index (χ0n) is 49.5. The SMILES string of the molecule is COc1ncc(C(C)N2CCN(C3CC4(CCN(c5ccc(C(=O)NS(=O)(=O)c6cc7c(c([N+](=O)[O-])c6)N[C@H](C6CCOCC6)CO7)c(N6c7cc8cc[nH]c8nc7O[C@H]7COCC[C@@H]76)c5)CC4)C3)[C@H](c3ccccc3C)C2)c2c1OCCC2(C)C. The van der Waals surface area contributed by atoms with Gasteiger partial charge in [0.1, 0.15) is 24.0 Å². The number of nitro groups is 1. The third-order valence-corrected chi connectivity index (χ3v) is 21.6. The molecule has 5 atom stereocenters. The van der Waals surface area contributed by atoms with Gasteiger partial charge in [0.15, 0.2) is 17.2 Å². The minimum atomic E-state index is -4.72.